The molecular formula is C27H32N4O2. The van der Waals surface area contributed by atoms with Crippen LogP contribution in [-0.2, 0) is 9.59 Å². The lowest BCUT2D eigenvalue weighted by atomic mass is 10.0. The van der Waals surface area contributed by atoms with Gasteiger partial charge in [-0.2, -0.15) is 0 Å². The largest absolute Gasteiger partial charge is 0.380 e. The Morgan fingerprint density at radius 2 is 1.94 bits per heavy atom. The van der Waals surface area contributed by atoms with Crippen LogP contribution in [-0.4, -0.2) is 54.3 Å². The van der Waals surface area contributed by atoms with E-state index in [0.29, 0.717) is 13.1 Å². The average molecular weight is 445 g/mol. The Bertz CT molecular complexity index is 1060. The number of carbonyl (C=O) groups is 2. The molecule has 2 aromatic rings. The number of nitrogens with one attached hydrogen (secondary N) is 2. The van der Waals surface area contributed by atoms with E-state index in [2.05, 4.69) is 59.7 Å². The highest BCUT2D eigenvalue weighted by molar-refractivity contribution is 6.05. The van der Waals surface area contributed by atoms with Crippen LogP contribution in [0.3, 0.4) is 0 Å². The molecule has 0 bridgehead atoms. The summed E-state index contributed by atoms with van der Waals surface area (Å²) in [7, 11) is 0. The zero-order chi connectivity index (χ0) is 23.2. The molecule has 0 saturated carbocycles. The van der Waals surface area contributed by atoms with Gasteiger partial charge in [-0.1, -0.05) is 56.3 Å². The van der Waals surface area contributed by atoms with Gasteiger partial charge >= 0.3 is 0 Å². The first-order valence-corrected chi connectivity index (χ1v) is 11.8. The Balaban J connectivity index is 1.36. The molecule has 0 radical (unpaired) electrons. The zero-order valence-corrected chi connectivity index (χ0v) is 19.4. The van der Waals surface area contributed by atoms with Crippen molar-refractivity contribution in [1.82, 2.24) is 15.1 Å². The number of amides is 2. The van der Waals surface area contributed by atoms with Crippen molar-refractivity contribution < 1.29 is 9.59 Å². The lowest BCUT2D eigenvalue weighted by Gasteiger charge is -2.18. The van der Waals surface area contributed by atoms with E-state index in [1.54, 1.807) is 12.3 Å². The number of nitrogens with zero attached hydrogens (tertiary/aromatic N) is 2. The minimum atomic E-state index is -0.760. The molecule has 33 heavy (non-hydrogen) atoms. The maximum absolute atomic E-state index is 12.8. The molecule has 2 aromatic carbocycles. The molecule has 2 heterocycles. The number of hydrogen-bond acceptors (Lipinski definition) is 4. The second-order valence-corrected chi connectivity index (χ2v) is 8.37. The van der Waals surface area contributed by atoms with Gasteiger partial charge in [-0.25, -0.2) is 0 Å². The summed E-state index contributed by atoms with van der Waals surface area (Å²) >= 11 is 0. The molecule has 2 aliphatic rings. The molecule has 0 saturated heterocycles. The zero-order valence-electron chi connectivity index (χ0n) is 19.4. The predicted octanol–water partition coefficient (Wildman–Crippen LogP) is 3.94. The summed E-state index contributed by atoms with van der Waals surface area (Å²) in [5.74, 6) is -1.20. The molecule has 2 N–H and O–H groups in total. The highest BCUT2D eigenvalue weighted by Gasteiger charge is 2.32. The van der Waals surface area contributed by atoms with Crippen molar-refractivity contribution in [2.45, 2.75) is 20.3 Å². The summed E-state index contributed by atoms with van der Waals surface area (Å²) in [5, 5.41) is 6.34. The first kappa shape index (κ1) is 22.8. The molecule has 0 aliphatic carbocycles. The van der Waals surface area contributed by atoms with Gasteiger partial charge in [0.25, 0.3) is 0 Å². The van der Waals surface area contributed by atoms with Gasteiger partial charge in [-0.05, 0) is 54.9 Å². The lowest BCUT2D eigenvalue weighted by Crippen LogP contribution is -2.37. The van der Waals surface area contributed by atoms with Crippen LogP contribution in [0.1, 0.15) is 25.8 Å². The Labute approximate surface area is 196 Å². The number of benzene rings is 2. The van der Waals surface area contributed by atoms with Crippen LogP contribution in [0.2, 0.25) is 0 Å². The van der Waals surface area contributed by atoms with E-state index < -0.39 is 5.92 Å². The van der Waals surface area contributed by atoms with Crippen LogP contribution in [0.5, 0.6) is 0 Å². The molecule has 2 amide bonds. The SMILES string of the molecule is CCN(CC)CCCNC(=O)C1C=CN(C=C2CNc3cc(-c4ccccc4)ccc32)C1=O. The van der Waals surface area contributed by atoms with Crippen molar-refractivity contribution >= 4 is 23.1 Å². The number of fused-ring (bicyclic) bond motifs is 1. The van der Waals surface area contributed by atoms with E-state index in [-0.39, 0.29) is 11.8 Å². The third-order valence-corrected chi connectivity index (χ3v) is 6.32. The van der Waals surface area contributed by atoms with Crippen LogP contribution in [0, 0.1) is 5.92 Å². The smallest absolute Gasteiger partial charge is 0.247 e. The molecule has 0 spiro atoms. The van der Waals surface area contributed by atoms with Crippen molar-refractivity contribution in [2.24, 2.45) is 5.92 Å². The lowest BCUT2D eigenvalue weighted by molar-refractivity contribution is -0.135. The molecule has 4 rings (SSSR count). The Kier molecular flexibility index (Phi) is 7.25. The molecule has 172 valence electrons. The van der Waals surface area contributed by atoms with E-state index in [9.17, 15) is 9.59 Å². The Hall–Kier alpha value is -3.38. The summed E-state index contributed by atoms with van der Waals surface area (Å²) in [6.45, 7) is 8.44. The number of carbonyl (C=O) groups excluding carboxylic acids is 2. The summed E-state index contributed by atoms with van der Waals surface area (Å²) in [4.78, 5) is 29.2. The number of anilines is 1. The third kappa shape index (κ3) is 5.17. The van der Waals surface area contributed by atoms with Gasteiger partial charge in [0, 0.05) is 36.7 Å². The predicted molar refractivity (Wildman–Crippen MR) is 133 cm³/mol. The van der Waals surface area contributed by atoms with E-state index >= 15 is 0 Å². The van der Waals surface area contributed by atoms with Crippen molar-refractivity contribution in [3.8, 4) is 11.1 Å². The van der Waals surface area contributed by atoms with E-state index in [1.807, 2.05) is 24.4 Å². The Morgan fingerprint density at radius 3 is 2.70 bits per heavy atom. The van der Waals surface area contributed by atoms with Crippen LogP contribution in [0.4, 0.5) is 5.69 Å². The summed E-state index contributed by atoms with van der Waals surface area (Å²) in [6, 6.07) is 16.6. The van der Waals surface area contributed by atoms with Crippen molar-refractivity contribution in [2.75, 3.05) is 38.0 Å². The van der Waals surface area contributed by atoms with Gasteiger partial charge in [0.2, 0.25) is 11.8 Å². The minimum absolute atomic E-state index is 0.210. The van der Waals surface area contributed by atoms with Gasteiger partial charge in [0.1, 0.15) is 5.92 Å². The van der Waals surface area contributed by atoms with Crippen LogP contribution in [0.15, 0.2) is 67.0 Å². The van der Waals surface area contributed by atoms with Crippen LogP contribution in [0.25, 0.3) is 16.7 Å². The Morgan fingerprint density at radius 1 is 1.15 bits per heavy atom. The fourth-order valence-electron chi connectivity index (χ4n) is 4.31. The van der Waals surface area contributed by atoms with Gasteiger partial charge in [0.05, 0.1) is 0 Å². The highest BCUT2D eigenvalue weighted by atomic mass is 16.2. The second kappa shape index (κ2) is 10.5. The van der Waals surface area contributed by atoms with E-state index in [1.165, 1.54) is 10.5 Å². The fourth-order valence-corrected chi connectivity index (χ4v) is 4.31. The molecule has 6 heteroatoms. The van der Waals surface area contributed by atoms with E-state index in [4.69, 9.17) is 0 Å². The summed E-state index contributed by atoms with van der Waals surface area (Å²) < 4.78 is 0. The first-order chi connectivity index (χ1) is 16.1. The van der Waals surface area contributed by atoms with Crippen LogP contribution >= 0.6 is 0 Å². The molecule has 0 aromatic heterocycles. The quantitative estimate of drug-likeness (QED) is 0.454. The molecular weight excluding hydrogens is 412 g/mol. The molecule has 1 atom stereocenters. The number of rotatable bonds is 9. The summed E-state index contributed by atoms with van der Waals surface area (Å²) in [5.41, 5.74) is 5.49. The molecule has 1 unspecified atom stereocenters. The van der Waals surface area contributed by atoms with E-state index in [0.717, 1.165) is 48.4 Å². The van der Waals surface area contributed by atoms with Crippen LogP contribution < -0.4 is 10.6 Å². The monoisotopic (exact) mass is 444 g/mol. The number of hydrogen-bond donors (Lipinski definition) is 2. The van der Waals surface area contributed by atoms with Crippen molar-refractivity contribution in [3.63, 3.8) is 0 Å². The van der Waals surface area contributed by atoms with Gasteiger partial charge in [-0.3, -0.25) is 14.5 Å². The van der Waals surface area contributed by atoms with Gasteiger partial charge < -0.3 is 15.5 Å². The molecule has 2 aliphatic heterocycles. The van der Waals surface area contributed by atoms with Gasteiger partial charge in [0.15, 0.2) is 0 Å². The minimum Gasteiger partial charge on any atom is -0.380 e. The topological polar surface area (TPSA) is 64.7 Å². The standard InChI is InChI=1S/C27H32N4O2/c1-3-30(4-2)15-8-14-28-26(32)24-13-16-31(27(24)33)19-22-18-29-25-17-21(11-12-23(22)25)20-9-6-5-7-10-20/h5-7,9-13,16-17,19,24,29H,3-4,8,14-15,18H2,1-2H3,(H,28,32). The van der Waals surface area contributed by atoms with Crippen molar-refractivity contribution in [1.29, 1.82) is 0 Å². The fraction of sp³-hybridized carbons (Fsp3) is 0.333. The molecule has 6 nitrogen and oxygen atoms in total. The maximum Gasteiger partial charge on any atom is 0.247 e. The van der Waals surface area contributed by atoms with Crippen molar-refractivity contribution in [3.05, 3.63) is 72.6 Å². The second-order valence-electron chi connectivity index (χ2n) is 8.37. The maximum atomic E-state index is 12.8. The summed E-state index contributed by atoms with van der Waals surface area (Å²) in [6.07, 6.45) is 6.10. The molecule has 0 fully saturated rings. The highest BCUT2D eigenvalue weighted by Crippen LogP contribution is 2.35. The normalized spacial score (nSPS) is 18.2. The third-order valence-electron chi connectivity index (χ3n) is 6.32. The first-order valence-electron chi connectivity index (χ1n) is 11.8. The average Bonchev–Trinajstić information content (AvgIpc) is 3.42. The van der Waals surface area contributed by atoms with Gasteiger partial charge in [-0.15, -0.1) is 0 Å².